The Morgan fingerprint density at radius 3 is 1.44 bits per heavy atom. The van der Waals surface area contributed by atoms with Crippen molar-refractivity contribution in [2.24, 2.45) is 0 Å². The normalized spacial score (nSPS) is 15.2. The first-order chi connectivity index (χ1) is 28.4. The standard InChI is InChI=1S/C55H65BN2O3/c1-31-22-36(53(8,9)10)23-32(2)49(31)57-41-30-46-45(59-20-17-21-60-46)29-40(41)56-47-39-26-35(52(5,6)7)18-19-44(39)61-51(47)58(43-28-38(55(14,15)16)27-42(57)48(43)56)50-33(3)24-37(25-34(50)4)54(11,12)13/h18-19,22-30H,17,20-21H2,1-16H3. The third-order valence-electron chi connectivity index (χ3n) is 13.4. The maximum absolute atomic E-state index is 7.31. The molecule has 0 radical (unpaired) electrons. The van der Waals surface area contributed by atoms with Gasteiger partial charge in [-0.2, -0.15) is 0 Å². The molecule has 0 aliphatic carbocycles. The highest BCUT2D eigenvalue weighted by atomic mass is 16.5. The fourth-order valence-electron chi connectivity index (χ4n) is 10.0. The minimum absolute atomic E-state index is 0.00646. The molecule has 3 aliphatic rings. The van der Waals surface area contributed by atoms with Gasteiger partial charge in [0.2, 0.25) is 5.88 Å². The van der Waals surface area contributed by atoms with Crippen LogP contribution in [0.3, 0.4) is 0 Å². The van der Waals surface area contributed by atoms with E-state index in [-0.39, 0.29) is 28.4 Å². The molecule has 0 fully saturated rings. The van der Waals surface area contributed by atoms with Gasteiger partial charge in [-0.25, -0.2) is 0 Å². The maximum atomic E-state index is 7.31. The number of furan rings is 1. The summed E-state index contributed by atoms with van der Waals surface area (Å²) >= 11 is 0. The van der Waals surface area contributed by atoms with Gasteiger partial charge in [-0.3, -0.25) is 4.90 Å². The number of aryl methyl sites for hydroxylation is 4. The summed E-state index contributed by atoms with van der Waals surface area (Å²) in [5, 5.41) is 1.16. The molecular weight excluding hydrogens is 747 g/mol. The van der Waals surface area contributed by atoms with Crippen LogP contribution in [0.5, 0.6) is 11.5 Å². The lowest BCUT2D eigenvalue weighted by atomic mass is 9.33. The van der Waals surface area contributed by atoms with E-state index in [1.165, 1.54) is 78.0 Å². The van der Waals surface area contributed by atoms with E-state index in [4.69, 9.17) is 13.9 Å². The van der Waals surface area contributed by atoms with Crippen LogP contribution in [0.2, 0.25) is 0 Å². The average Bonchev–Trinajstić information content (AvgIpc) is 3.36. The maximum Gasteiger partial charge on any atom is 0.257 e. The van der Waals surface area contributed by atoms with Crippen LogP contribution >= 0.6 is 0 Å². The van der Waals surface area contributed by atoms with E-state index < -0.39 is 0 Å². The summed E-state index contributed by atoms with van der Waals surface area (Å²) in [4.78, 5) is 5.06. The van der Waals surface area contributed by atoms with E-state index in [0.717, 1.165) is 46.1 Å². The van der Waals surface area contributed by atoms with Crippen molar-refractivity contribution in [2.45, 2.75) is 139 Å². The van der Waals surface area contributed by atoms with Crippen molar-refractivity contribution < 1.29 is 13.9 Å². The number of hydrogen-bond acceptors (Lipinski definition) is 5. The van der Waals surface area contributed by atoms with Gasteiger partial charge in [-0.1, -0.05) is 113 Å². The van der Waals surface area contributed by atoms with Crippen molar-refractivity contribution in [3.8, 4) is 11.5 Å². The second-order valence-electron chi connectivity index (χ2n) is 22.4. The second-order valence-corrected chi connectivity index (χ2v) is 22.4. The monoisotopic (exact) mass is 813 g/mol. The van der Waals surface area contributed by atoms with Gasteiger partial charge in [-0.05, 0) is 135 Å². The molecule has 4 heterocycles. The van der Waals surface area contributed by atoms with Crippen molar-refractivity contribution >= 4 is 68.4 Å². The summed E-state index contributed by atoms with van der Waals surface area (Å²) in [5.41, 5.74) is 20.4. The van der Waals surface area contributed by atoms with E-state index in [2.05, 4.69) is 187 Å². The Bertz CT molecular complexity index is 2730. The predicted molar refractivity (Wildman–Crippen MR) is 260 cm³/mol. The zero-order valence-electron chi connectivity index (χ0n) is 39.7. The lowest BCUT2D eigenvalue weighted by Crippen LogP contribution is -2.61. The van der Waals surface area contributed by atoms with E-state index in [1.807, 2.05) is 0 Å². The quantitative estimate of drug-likeness (QED) is 0.163. The summed E-state index contributed by atoms with van der Waals surface area (Å²) in [5.74, 6) is 2.49. The number of anilines is 6. The van der Waals surface area contributed by atoms with Crippen molar-refractivity contribution in [1.82, 2.24) is 0 Å². The molecule has 1 aromatic heterocycles. The molecule has 0 bridgehead atoms. The number of hydrogen-bond donors (Lipinski definition) is 0. The first-order valence-corrected chi connectivity index (χ1v) is 22.5. The minimum atomic E-state index is -0.153. The van der Waals surface area contributed by atoms with Gasteiger partial charge in [0.05, 0.1) is 24.6 Å². The molecule has 9 rings (SSSR count). The molecule has 0 atom stereocenters. The van der Waals surface area contributed by atoms with Gasteiger partial charge in [0.15, 0.2) is 11.5 Å². The summed E-state index contributed by atoms with van der Waals surface area (Å²) in [7, 11) is 0. The average molecular weight is 813 g/mol. The van der Waals surface area contributed by atoms with Gasteiger partial charge in [-0.15, -0.1) is 0 Å². The molecule has 3 aliphatic heterocycles. The van der Waals surface area contributed by atoms with E-state index in [1.54, 1.807) is 0 Å². The lowest BCUT2D eigenvalue weighted by molar-refractivity contribution is 0.297. The third kappa shape index (κ3) is 6.66. The zero-order valence-corrected chi connectivity index (χ0v) is 39.7. The number of fused-ring (bicyclic) bond motifs is 7. The highest BCUT2D eigenvalue weighted by Gasteiger charge is 2.48. The van der Waals surface area contributed by atoms with Gasteiger partial charge in [0, 0.05) is 40.4 Å². The van der Waals surface area contributed by atoms with Crippen LogP contribution in [0.25, 0.3) is 11.0 Å². The lowest BCUT2D eigenvalue weighted by Gasteiger charge is -2.45. The van der Waals surface area contributed by atoms with Crippen LogP contribution in [-0.4, -0.2) is 19.9 Å². The van der Waals surface area contributed by atoms with Crippen LogP contribution in [0.1, 0.15) is 134 Å². The molecule has 0 N–H and O–H groups in total. The van der Waals surface area contributed by atoms with Gasteiger partial charge in [0.25, 0.3) is 6.71 Å². The smallest absolute Gasteiger partial charge is 0.257 e. The fraction of sp³-hybridized carbons (Fsp3) is 0.418. The van der Waals surface area contributed by atoms with Crippen molar-refractivity contribution in [3.05, 3.63) is 111 Å². The molecule has 0 amide bonds. The first kappa shape index (κ1) is 41.3. The summed E-state index contributed by atoms with van der Waals surface area (Å²) in [6.45, 7) is 38.0. The van der Waals surface area contributed by atoms with Gasteiger partial charge < -0.3 is 18.8 Å². The van der Waals surface area contributed by atoms with Crippen LogP contribution < -0.4 is 35.7 Å². The summed E-state index contributed by atoms with van der Waals surface area (Å²) in [6, 6.07) is 26.0. The topological polar surface area (TPSA) is 38.1 Å². The minimum Gasteiger partial charge on any atom is -0.490 e. The molecule has 0 saturated carbocycles. The van der Waals surface area contributed by atoms with Crippen LogP contribution in [0.15, 0.2) is 71.1 Å². The van der Waals surface area contributed by atoms with Crippen molar-refractivity contribution in [3.63, 3.8) is 0 Å². The van der Waals surface area contributed by atoms with Crippen LogP contribution in [0, 0.1) is 27.7 Å². The Morgan fingerprint density at radius 1 is 0.475 bits per heavy atom. The van der Waals surface area contributed by atoms with Crippen molar-refractivity contribution in [2.75, 3.05) is 23.0 Å². The number of ether oxygens (including phenoxy) is 2. The Balaban J connectivity index is 1.47. The summed E-state index contributed by atoms with van der Waals surface area (Å²) < 4.78 is 20.4. The van der Waals surface area contributed by atoms with E-state index >= 15 is 0 Å². The molecule has 316 valence electrons. The predicted octanol–water partition coefficient (Wildman–Crippen LogP) is 13.1. The largest absolute Gasteiger partial charge is 0.490 e. The molecule has 0 spiro atoms. The molecule has 0 unspecified atom stereocenters. The Hall–Kier alpha value is -5.10. The second kappa shape index (κ2) is 13.7. The third-order valence-corrected chi connectivity index (χ3v) is 13.4. The molecule has 6 aromatic rings. The fourth-order valence-corrected chi connectivity index (χ4v) is 10.0. The van der Waals surface area contributed by atoms with Gasteiger partial charge >= 0.3 is 0 Å². The Kier molecular flexibility index (Phi) is 9.27. The highest BCUT2D eigenvalue weighted by molar-refractivity contribution is 7.01. The van der Waals surface area contributed by atoms with Gasteiger partial charge in [0.1, 0.15) is 5.58 Å². The molecule has 0 saturated heterocycles. The highest BCUT2D eigenvalue weighted by Crippen LogP contribution is 2.52. The van der Waals surface area contributed by atoms with E-state index in [9.17, 15) is 0 Å². The number of rotatable bonds is 2. The molecule has 5 aromatic carbocycles. The number of benzene rings is 5. The zero-order chi connectivity index (χ0) is 43.9. The summed E-state index contributed by atoms with van der Waals surface area (Å²) in [6.07, 6.45) is 0.839. The van der Waals surface area contributed by atoms with E-state index in [0.29, 0.717) is 13.2 Å². The van der Waals surface area contributed by atoms with Crippen LogP contribution in [-0.2, 0) is 21.7 Å². The first-order valence-electron chi connectivity index (χ1n) is 22.5. The number of nitrogens with zero attached hydrogens (tertiary/aromatic N) is 2. The Morgan fingerprint density at radius 2 is 0.934 bits per heavy atom. The molecule has 5 nitrogen and oxygen atoms in total. The van der Waals surface area contributed by atoms with Crippen molar-refractivity contribution in [1.29, 1.82) is 0 Å². The molecular formula is C55H65BN2O3. The molecule has 6 heteroatoms. The molecule has 61 heavy (non-hydrogen) atoms. The Labute approximate surface area is 365 Å². The SMILES string of the molecule is Cc1cc(C(C)(C)C)cc(C)c1N1c2cc3c(cc2B2c4c1cc(C(C)(C)C)cc4N(c1c(C)cc(C(C)(C)C)cc1C)c1oc4ccc(C(C)(C)C)cc4c12)OCCCO3. The van der Waals surface area contributed by atoms with Crippen LogP contribution in [0.4, 0.5) is 34.3 Å².